The summed E-state index contributed by atoms with van der Waals surface area (Å²) in [6.07, 6.45) is 8.84. The van der Waals surface area contributed by atoms with E-state index in [4.69, 9.17) is 4.98 Å². The fourth-order valence-electron chi connectivity index (χ4n) is 7.01. The van der Waals surface area contributed by atoms with Crippen LogP contribution in [0, 0.1) is 23.7 Å². The first-order chi connectivity index (χ1) is 19.7. The largest absolute Gasteiger partial charge is 0.341 e. The van der Waals surface area contributed by atoms with Crippen LogP contribution in [0.4, 0.5) is 0 Å². The van der Waals surface area contributed by atoms with Crippen molar-refractivity contribution in [3.8, 4) is 45.5 Å². The van der Waals surface area contributed by atoms with Crippen molar-refractivity contribution >= 4 is 10.8 Å². The fourth-order valence-corrected chi connectivity index (χ4v) is 7.01. The molecule has 196 valence electrons. The lowest BCUT2D eigenvalue weighted by Crippen LogP contribution is -2.35. The minimum atomic E-state index is 0.246. The molecule has 2 aliphatic carbocycles. The number of aromatic amines is 2. The number of H-pyrrole nitrogens is 2. The van der Waals surface area contributed by atoms with Crippen molar-refractivity contribution in [1.82, 2.24) is 30.6 Å². The molecule has 4 N–H and O–H groups in total. The summed E-state index contributed by atoms with van der Waals surface area (Å²) in [5.74, 6) is 9.84. The molecule has 3 fully saturated rings. The van der Waals surface area contributed by atoms with Gasteiger partial charge in [-0.15, -0.1) is 0 Å². The third-order valence-corrected chi connectivity index (χ3v) is 9.60. The first-order valence-corrected chi connectivity index (χ1v) is 14.5. The molecule has 3 aromatic carbocycles. The van der Waals surface area contributed by atoms with Gasteiger partial charge in [-0.2, -0.15) is 0 Å². The summed E-state index contributed by atoms with van der Waals surface area (Å²) < 4.78 is 0. The van der Waals surface area contributed by atoms with Gasteiger partial charge in [0.1, 0.15) is 11.6 Å². The van der Waals surface area contributed by atoms with Crippen LogP contribution in [0.15, 0.2) is 73.1 Å². The van der Waals surface area contributed by atoms with Gasteiger partial charge in [0, 0.05) is 17.5 Å². The maximum absolute atomic E-state index is 4.71. The molecule has 0 spiro atoms. The molecular weight excluding hydrogens is 492 g/mol. The Morgan fingerprint density at radius 2 is 1.27 bits per heavy atom. The van der Waals surface area contributed by atoms with E-state index in [0.29, 0.717) is 24.0 Å². The number of aromatic nitrogens is 4. The Balaban J connectivity index is 0.924. The Labute approximate surface area is 233 Å². The molecule has 6 nitrogen and oxygen atoms in total. The number of rotatable bonds is 5. The summed E-state index contributed by atoms with van der Waals surface area (Å²) in [6, 6.07) is 23.8. The smallest absolute Gasteiger partial charge is 0.123 e. The highest BCUT2D eigenvalue weighted by atomic mass is 15.1. The van der Waals surface area contributed by atoms with Gasteiger partial charge in [-0.25, -0.2) is 9.97 Å². The molecule has 0 unspecified atom stereocenters. The van der Waals surface area contributed by atoms with Crippen molar-refractivity contribution in [3.63, 3.8) is 0 Å². The number of nitrogens with one attached hydrogen (secondary N) is 4. The van der Waals surface area contributed by atoms with Crippen LogP contribution in [0.2, 0.25) is 0 Å². The van der Waals surface area contributed by atoms with E-state index in [-0.39, 0.29) is 6.04 Å². The number of imidazole rings is 2. The summed E-state index contributed by atoms with van der Waals surface area (Å²) in [6.45, 7) is 0. The highest BCUT2D eigenvalue weighted by molar-refractivity contribution is 5.90. The van der Waals surface area contributed by atoms with E-state index in [1.807, 2.05) is 12.4 Å². The molecule has 2 aliphatic heterocycles. The zero-order valence-electron chi connectivity index (χ0n) is 22.1. The second-order valence-electron chi connectivity index (χ2n) is 11.9. The molecule has 2 saturated heterocycles. The first kappa shape index (κ1) is 22.6. The summed E-state index contributed by atoms with van der Waals surface area (Å²) in [4.78, 5) is 16.5. The van der Waals surface area contributed by atoms with Crippen LogP contribution >= 0.6 is 0 Å². The van der Waals surface area contributed by atoms with Crippen LogP contribution in [-0.4, -0.2) is 32.0 Å². The Hall–Kier alpha value is -4.18. The lowest BCUT2D eigenvalue weighted by Gasteiger charge is -2.29. The van der Waals surface area contributed by atoms with Gasteiger partial charge < -0.3 is 15.3 Å². The molecule has 0 radical (unpaired) electrons. The molecule has 5 aromatic rings. The van der Waals surface area contributed by atoms with Gasteiger partial charge in [-0.3, -0.25) is 5.32 Å². The van der Waals surface area contributed by atoms with Gasteiger partial charge in [0.15, 0.2) is 0 Å². The summed E-state index contributed by atoms with van der Waals surface area (Å²) in [7, 11) is 0. The van der Waals surface area contributed by atoms with E-state index in [1.165, 1.54) is 46.7 Å². The van der Waals surface area contributed by atoms with Crippen molar-refractivity contribution in [2.75, 3.05) is 0 Å². The predicted molar refractivity (Wildman–Crippen MR) is 157 cm³/mol. The average molecular weight is 523 g/mol. The van der Waals surface area contributed by atoms with Crippen molar-refractivity contribution < 1.29 is 0 Å². The summed E-state index contributed by atoms with van der Waals surface area (Å²) >= 11 is 0. The SMILES string of the molecule is C1#C[C@H]2N[C@H](c3ncc(-c4ccc5cc(-c6ccc(-c7cnc([C@@H]8C[C@H]9CC[C@H]9N8)[nH]7)cc6)ccc5c4)[nH]3)C[C@@H]12. The Bertz CT molecular complexity index is 1790. The zero-order valence-corrected chi connectivity index (χ0v) is 22.1. The third kappa shape index (κ3) is 3.66. The number of benzene rings is 3. The highest BCUT2D eigenvalue weighted by Crippen LogP contribution is 2.42. The van der Waals surface area contributed by atoms with Gasteiger partial charge in [0.25, 0.3) is 0 Å². The van der Waals surface area contributed by atoms with Crippen LogP contribution in [-0.2, 0) is 0 Å². The average Bonchev–Trinajstić information content (AvgIpc) is 3.76. The second-order valence-corrected chi connectivity index (χ2v) is 11.9. The molecule has 9 rings (SSSR count). The van der Waals surface area contributed by atoms with Gasteiger partial charge in [0.05, 0.1) is 41.9 Å². The summed E-state index contributed by atoms with van der Waals surface area (Å²) in [5, 5.41) is 9.77. The van der Waals surface area contributed by atoms with Crippen LogP contribution in [0.5, 0.6) is 0 Å². The summed E-state index contributed by atoms with van der Waals surface area (Å²) in [5.41, 5.74) is 6.89. The predicted octanol–water partition coefficient (Wildman–Crippen LogP) is 6.14. The Morgan fingerprint density at radius 3 is 1.88 bits per heavy atom. The van der Waals surface area contributed by atoms with E-state index in [1.54, 1.807) is 0 Å². The number of fused-ring (bicyclic) bond motifs is 3. The van der Waals surface area contributed by atoms with E-state index in [9.17, 15) is 0 Å². The van der Waals surface area contributed by atoms with Gasteiger partial charge in [-0.1, -0.05) is 60.4 Å². The molecule has 40 heavy (non-hydrogen) atoms. The Morgan fingerprint density at radius 1 is 0.625 bits per heavy atom. The van der Waals surface area contributed by atoms with Crippen LogP contribution < -0.4 is 10.6 Å². The highest BCUT2D eigenvalue weighted by Gasteiger charge is 2.41. The molecule has 0 bridgehead atoms. The topological polar surface area (TPSA) is 81.4 Å². The van der Waals surface area contributed by atoms with E-state index >= 15 is 0 Å². The molecule has 0 amide bonds. The molecule has 1 saturated carbocycles. The quantitative estimate of drug-likeness (QED) is 0.209. The number of hydrogen-bond acceptors (Lipinski definition) is 4. The maximum atomic E-state index is 4.71. The molecule has 6 heteroatoms. The zero-order chi connectivity index (χ0) is 26.2. The molecular formula is C34H30N6. The van der Waals surface area contributed by atoms with E-state index in [0.717, 1.165) is 40.9 Å². The van der Waals surface area contributed by atoms with E-state index in [2.05, 4.69) is 98.1 Å². The van der Waals surface area contributed by atoms with Crippen LogP contribution in [0.1, 0.15) is 49.4 Å². The van der Waals surface area contributed by atoms with E-state index < -0.39 is 0 Å². The van der Waals surface area contributed by atoms with Crippen LogP contribution in [0.3, 0.4) is 0 Å². The lowest BCUT2D eigenvalue weighted by atomic mass is 9.80. The minimum Gasteiger partial charge on any atom is -0.341 e. The monoisotopic (exact) mass is 522 g/mol. The molecule has 4 heterocycles. The molecule has 4 aliphatic rings. The van der Waals surface area contributed by atoms with Crippen molar-refractivity contribution in [2.24, 2.45) is 11.8 Å². The van der Waals surface area contributed by atoms with Crippen molar-refractivity contribution in [3.05, 3.63) is 84.7 Å². The van der Waals surface area contributed by atoms with Gasteiger partial charge in [-0.05, 0) is 71.2 Å². The van der Waals surface area contributed by atoms with Gasteiger partial charge in [0.2, 0.25) is 0 Å². The van der Waals surface area contributed by atoms with Crippen LogP contribution in [0.25, 0.3) is 44.4 Å². The van der Waals surface area contributed by atoms with Crippen molar-refractivity contribution in [2.45, 2.75) is 49.9 Å². The molecule has 2 aromatic heterocycles. The third-order valence-electron chi connectivity index (χ3n) is 9.60. The van der Waals surface area contributed by atoms with Gasteiger partial charge >= 0.3 is 0 Å². The Kier molecular flexibility index (Phi) is 4.90. The molecule has 6 atom stereocenters. The normalized spacial score (nSPS) is 27.9. The number of hydrogen-bond donors (Lipinski definition) is 4. The minimum absolute atomic E-state index is 0.246. The lowest BCUT2D eigenvalue weighted by molar-refractivity contribution is 0.276. The maximum Gasteiger partial charge on any atom is 0.123 e. The van der Waals surface area contributed by atoms with Crippen molar-refractivity contribution in [1.29, 1.82) is 0 Å². The first-order valence-electron chi connectivity index (χ1n) is 14.5. The standard InChI is InChI=1S/C34H30N6/c1-3-20(31-17-35-33(39-31)29-15-25-9-11-27(25)37-29)4-2-19(1)21-5-6-23-14-24(8-7-22(23)13-21)32-18-36-34(40-32)30-16-26-10-12-28(26)38-30/h1-8,13-14,17-18,25-30,37-38H,9,11,15-16H2,(H,35,39)(H,36,40)/t25-,26-,27-,28-,29+,30+/m1/s1. The second kappa shape index (κ2) is 8.66. The fraction of sp³-hybridized carbons (Fsp3) is 0.294. The number of nitrogens with zero attached hydrogens (tertiary/aromatic N) is 2.